The van der Waals surface area contributed by atoms with Gasteiger partial charge in [-0.25, -0.2) is 0 Å². The second-order valence-electron chi connectivity index (χ2n) is 6.32. The summed E-state index contributed by atoms with van der Waals surface area (Å²) in [4.78, 5) is 37.2. The Morgan fingerprint density at radius 1 is 1.38 bits per heavy atom. The van der Waals surface area contributed by atoms with Gasteiger partial charge in [0.1, 0.15) is 17.9 Å². The molecule has 9 nitrogen and oxygen atoms in total. The molecule has 1 aromatic heterocycles. The largest absolute Gasteiger partial charge is 0.324 e. The van der Waals surface area contributed by atoms with Crippen LogP contribution in [-0.4, -0.2) is 32.6 Å². The number of benzene rings is 1. The van der Waals surface area contributed by atoms with Crippen LogP contribution in [0.25, 0.3) is 0 Å². The minimum atomic E-state index is -0.495. The first kappa shape index (κ1) is 17.6. The number of nitrogens with one attached hydrogen (secondary N) is 1. The average molecular weight is 357 g/mol. The van der Waals surface area contributed by atoms with E-state index in [1.807, 2.05) is 0 Å². The third kappa shape index (κ3) is 3.03. The standard InChI is InChI=1S/C17H19N5O4/c1-10-8-15(23)18-13-6-4-5-7-14(13)21(10)16(24)9-20-12(3)17(22(25)26)11(2)19-20/h4-7,10H,8-9H2,1-3H3,(H,18,23)/t10-/m0/s1. The Bertz CT molecular complexity index is 905. The van der Waals surface area contributed by atoms with Gasteiger partial charge in [0, 0.05) is 12.5 Å². The van der Waals surface area contributed by atoms with Crippen LogP contribution >= 0.6 is 0 Å². The number of rotatable bonds is 3. The van der Waals surface area contributed by atoms with Crippen molar-refractivity contribution in [3.05, 3.63) is 45.8 Å². The molecule has 0 spiro atoms. The van der Waals surface area contributed by atoms with E-state index in [9.17, 15) is 19.7 Å². The molecule has 1 N–H and O–H groups in total. The van der Waals surface area contributed by atoms with Crippen molar-refractivity contribution < 1.29 is 14.5 Å². The van der Waals surface area contributed by atoms with Gasteiger partial charge in [0.05, 0.1) is 16.3 Å². The Hall–Kier alpha value is -3.23. The van der Waals surface area contributed by atoms with Crippen molar-refractivity contribution >= 4 is 28.9 Å². The lowest BCUT2D eigenvalue weighted by Gasteiger charge is -2.28. The summed E-state index contributed by atoms with van der Waals surface area (Å²) >= 11 is 0. The molecule has 2 heterocycles. The van der Waals surface area contributed by atoms with Crippen LogP contribution in [0.3, 0.4) is 0 Å². The third-order valence-electron chi connectivity index (χ3n) is 4.44. The fraction of sp³-hybridized carbons (Fsp3) is 0.353. The predicted octanol–water partition coefficient (Wildman–Crippen LogP) is 2.17. The van der Waals surface area contributed by atoms with E-state index in [1.54, 1.807) is 49.9 Å². The first-order valence-electron chi connectivity index (χ1n) is 8.19. The van der Waals surface area contributed by atoms with E-state index in [-0.39, 0.29) is 42.2 Å². The highest BCUT2D eigenvalue weighted by atomic mass is 16.6. The number of carbonyl (C=O) groups excluding carboxylic acids is 2. The fourth-order valence-corrected chi connectivity index (χ4v) is 3.28. The van der Waals surface area contributed by atoms with Gasteiger partial charge < -0.3 is 10.2 Å². The number of hydrogen-bond donors (Lipinski definition) is 1. The molecule has 1 aromatic carbocycles. The molecule has 0 saturated heterocycles. The summed E-state index contributed by atoms with van der Waals surface area (Å²) in [6, 6.07) is 6.72. The highest BCUT2D eigenvalue weighted by Crippen LogP contribution is 2.31. The van der Waals surface area contributed by atoms with Crippen LogP contribution in [0.1, 0.15) is 24.7 Å². The van der Waals surface area contributed by atoms with E-state index >= 15 is 0 Å². The smallest absolute Gasteiger partial charge is 0.312 e. The fourth-order valence-electron chi connectivity index (χ4n) is 3.28. The predicted molar refractivity (Wildman–Crippen MR) is 95.0 cm³/mol. The molecule has 0 aliphatic carbocycles. The van der Waals surface area contributed by atoms with Crippen molar-refractivity contribution in [3.63, 3.8) is 0 Å². The van der Waals surface area contributed by atoms with Crippen LogP contribution in [0.5, 0.6) is 0 Å². The van der Waals surface area contributed by atoms with Crippen molar-refractivity contribution in [1.82, 2.24) is 9.78 Å². The lowest BCUT2D eigenvalue weighted by atomic mass is 10.1. The lowest BCUT2D eigenvalue weighted by Crippen LogP contribution is -2.41. The Morgan fingerprint density at radius 2 is 2.08 bits per heavy atom. The highest BCUT2D eigenvalue weighted by molar-refractivity contribution is 6.04. The maximum Gasteiger partial charge on any atom is 0.312 e. The summed E-state index contributed by atoms with van der Waals surface area (Å²) in [6.45, 7) is 4.76. The van der Waals surface area contributed by atoms with Crippen LogP contribution in [-0.2, 0) is 16.1 Å². The number of carbonyl (C=O) groups is 2. The molecule has 0 fully saturated rings. The Kier molecular flexibility index (Phi) is 4.45. The number of nitrogens with zero attached hydrogens (tertiary/aromatic N) is 4. The van der Waals surface area contributed by atoms with Crippen LogP contribution in [0.15, 0.2) is 24.3 Å². The molecule has 0 unspecified atom stereocenters. The van der Waals surface area contributed by atoms with Gasteiger partial charge in [-0.05, 0) is 32.9 Å². The zero-order valence-corrected chi connectivity index (χ0v) is 14.7. The number of amides is 2. The zero-order valence-electron chi connectivity index (χ0n) is 14.7. The molecule has 3 rings (SSSR count). The van der Waals surface area contributed by atoms with Gasteiger partial charge in [-0.2, -0.15) is 5.10 Å². The van der Waals surface area contributed by atoms with Crippen LogP contribution in [0.2, 0.25) is 0 Å². The number of nitro groups is 1. The molecule has 0 bridgehead atoms. The number of hydrogen-bond acceptors (Lipinski definition) is 5. The Morgan fingerprint density at radius 3 is 2.73 bits per heavy atom. The molecule has 2 amide bonds. The Labute approximate surface area is 149 Å². The topological polar surface area (TPSA) is 110 Å². The molecule has 26 heavy (non-hydrogen) atoms. The van der Waals surface area contributed by atoms with Gasteiger partial charge >= 0.3 is 5.69 Å². The average Bonchev–Trinajstić information content (AvgIpc) is 2.75. The summed E-state index contributed by atoms with van der Waals surface area (Å²) in [7, 11) is 0. The van der Waals surface area contributed by atoms with Crippen LogP contribution in [0.4, 0.5) is 17.1 Å². The summed E-state index contributed by atoms with van der Waals surface area (Å²) in [5, 5.41) is 18.1. The Balaban J connectivity index is 1.96. The van der Waals surface area contributed by atoms with Crippen molar-refractivity contribution in [2.45, 2.75) is 39.8 Å². The second-order valence-corrected chi connectivity index (χ2v) is 6.32. The summed E-state index contributed by atoms with van der Waals surface area (Å²) < 4.78 is 1.34. The second kappa shape index (κ2) is 6.58. The summed E-state index contributed by atoms with van der Waals surface area (Å²) in [6.07, 6.45) is 0.164. The van der Waals surface area contributed by atoms with Gasteiger partial charge in [0.15, 0.2) is 0 Å². The van der Waals surface area contributed by atoms with Gasteiger partial charge in [-0.1, -0.05) is 12.1 Å². The number of aromatic nitrogens is 2. The normalized spacial score (nSPS) is 16.7. The number of fused-ring (bicyclic) bond motifs is 1. The monoisotopic (exact) mass is 357 g/mol. The molecule has 9 heteroatoms. The molecular formula is C17H19N5O4. The van der Waals surface area contributed by atoms with Gasteiger partial charge in [0.2, 0.25) is 11.8 Å². The maximum absolute atomic E-state index is 13.0. The number of anilines is 2. The van der Waals surface area contributed by atoms with Crippen LogP contribution in [0, 0.1) is 24.0 Å². The summed E-state index contributed by atoms with van der Waals surface area (Å²) in [5.74, 6) is -0.455. The first-order chi connectivity index (χ1) is 12.3. The minimum absolute atomic E-state index is 0.0843. The molecule has 1 aliphatic rings. The van der Waals surface area contributed by atoms with E-state index in [4.69, 9.17) is 0 Å². The lowest BCUT2D eigenvalue weighted by molar-refractivity contribution is -0.386. The molecular weight excluding hydrogens is 338 g/mol. The van der Waals surface area contributed by atoms with Gasteiger partial charge in [-0.15, -0.1) is 0 Å². The maximum atomic E-state index is 13.0. The SMILES string of the molecule is Cc1nn(CC(=O)N2c3ccccc3NC(=O)C[C@@H]2C)c(C)c1[N+](=O)[O-]. The number of para-hydroxylation sites is 2. The molecule has 0 saturated carbocycles. The number of aryl methyl sites for hydroxylation is 1. The molecule has 1 atom stereocenters. The van der Waals surface area contributed by atoms with Gasteiger partial charge in [0.25, 0.3) is 0 Å². The van der Waals surface area contributed by atoms with E-state index in [2.05, 4.69) is 10.4 Å². The molecule has 2 aromatic rings. The molecule has 0 radical (unpaired) electrons. The first-order valence-corrected chi connectivity index (χ1v) is 8.19. The quantitative estimate of drug-likeness (QED) is 0.668. The third-order valence-corrected chi connectivity index (χ3v) is 4.44. The molecule has 1 aliphatic heterocycles. The van der Waals surface area contributed by atoms with Crippen LogP contribution < -0.4 is 10.2 Å². The van der Waals surface area contributed by atoms with E-state index < -0.39 is 4.92 Å². The van der Waals surface area contributed by atoms with E-state index in [0.29, 0.717) is 17.1 Å². The van der Waals surface area contributed by atoms with Gasteiger partial charge in [-0.3, -0.25) is 24.4 Å². The molecule has 136 valence electrons. The minimum Gasteiger partial charge on any atom is -0.324 e. The van der Waals surface area contributed by atoms with Crippen molar-refractivity contribution in [3.8, 4) is 0 Å². The zero-order chi connectivity index (χ0) is 19.0. The van der Waals surface area contributed by atoms with E-state index in [1.165, 1.54) is 4.68 Å². The van der Waals surface area contributed by atoms with E-state index in [0.717, 1.165) is 0 Å². The summed E-state index contributed by atoms with van der Waals surface area (Å²) in [5.41, 5.74) is 1.67. The van der Waals surface area contributed by atoms with Crippen molar-refractivity contribution in [1.29, 1.82) is 0 Å². The van der Waals surface area contributed by atoms with Crippen molar-refractivity contribution in [2.24, 2.45) is 0 Å². The highest BCUT2D eigenvalue weighted by Gasteiger charge is 2.31. The van der Waals surface area contributed by atoms with Crippen molar-refractivity contribution in [2.75, 3.05) is 10.2 Å².